The van der Waals surface area contributed by atoms with Gasteiger partial charge < -0.3 is 20.2 Å². The summed E-state index contributed by atoms with van der Waals surface area (Å²) >= 11 is 0. The number of carbonyl (C=O) groups excluding carboxylic acids is 2. The van der Waals surface area contributed by atoms with Crippen molar-refractivity contribution >= 4 is 12.6 Å². The fraction of sp³-hybridized carbons (Fsp3) is 0.857. The molecule has 4 nitrogen and oxygen atoms in total. The molecule has 0 unspecified atom stereocenters. The normalized spacial score (nSPS) is 32.8. The largest absolute Gasteiger partial charge is 0.302 e. The molecule has 0 saturated carbocycles. The van der Waals surface area contributed by atoms with Crippen molar-refractivity contribution in [1.82, 2.24) is 10.6 Å². The SMILES string of the molecule is CC(C)C[C@H]1N[C@@H]1C=O.CC(C)C[C@H]1N[C@@H]1C=O. The molecule has 104 valence electrons. The third-order valence-corrected chi connectivity index (χ3v) is 3.21. The first-order chi connectivity index (χ1) is 8.47. The summed E-state index contributed by atoms with van der Waals surface area (Å²) in [6.45, 7) is 8.67. The zero-order valence-electron chi connectivity index (χ0n) is 11.8. The highest BCUT2D eigenvalue weighted by Crippen LogP contribution is 2.17. The second kappa shape index (κ2) is 7.00. The van der Waals surface area contributed by atoms with Gasteiger partial charge in [-0.05, 0) is 24.7 Å². The fourth-order valence-corrected chi connectivity index (χ4v) is 2.10. The van der Waals surface area contributed by atoms with E-state index in [-0.39, 0.29) is 12.1 Å². The van der Waals surface area contributed by atoms with Crippen LogP contribution in [0.2, 0.25) is 0 Å². The standard InChI is InChI=1S/2C7H13NO/c2*1-5(2)3-6-7(4-9)8-6/h2*4-8H,3H2,1-2H3/t2*6-,7-/m11/s1. The topological polar surface area (TPSA) is 78.0 Å². The summed E-state index contributed by atoms with van der Waals surface area (Å²) in [4.78, 5) is 20.2. The van der Waals surface area contributed by atoms with Gasteiger partial charge in [-0.15, -0.1) is 0 Å². The average molecular weight is 254 g/mol. The van der Waals surface area contributed by atoms with Crippen LogP contribution in [0.25, 0.3) is 0 Å². The molecule has 2 rings (SSSR count). The lowest BCUT2D eigenvalue weighted by Gasteiger charge is -1.98. The first kappa shape index (κ1) is 15.3. The molecule has 2 fully saturated rings. The first-order valence-corrected chi connectivity index (χ1v) is 6.90. The third kappa shape index (κ3) is 5.74. The molecular formula is C14H26N2O2. The maximum Gasteiger partial charge on any atom is 0.138 e. The highest BCUT2D eigenvalue weighted by molar-refractivity contribution is 5.64. The van der Waals surface area contributed by atoms with Crippen LogP contribution in [0.1, 0.15) is 40.5 Å². The molecule has 18 heavy (non-hydrogen) atoms. The van der Waals surface area contributed by atoms with Gasteiger partial charge in [-0.3, -0.25) is 0 Å². The second-order valence-electron chi connectivity index (χ2n) is 6.13. The molecule has 2 aliphatic rings. The van der Waals surface area contributed by atoms with Gasteiger partial charge in [0, 0.05) is 12.1 Å². The van der Waals surface area contributed by atoms with Gasteiger partial charge >= 0.3 is 0 Å². The van der Waals surface area contributed by atoms with Gasteiger partial charge in [-0.25, -0.2) is 0 Å². The molecule has 0 bridgehead atoms. The van der Waals surface area contributed by atoms with E-state index in [9.17, 15) is 9.59 Å². The van der Waals surface area contributed by atoms with Crippen LogP contribution in [0.15, 0.2) is 0 Å². The Bertz CT molecular complexity index is 251. The lowest BCUT2D eigenvalue weighted by molar-refractivity contribution is -0.108. The van der Waals surface area contributed by atoms with E-state index in [2.05, 4.69) is 38.3 Å². The molecule has 2 heterocycles. The highest BCUT2D eigenvalue weighted by Gasteiger charge is 2.35. The Balaban J connectivity index is 0.000000180. The molecule has 2 aliphatic heterocycles. The van der Waals surface area contributed by atoms with E-state index < -0.39 is 0 Å². The van der Waals surface area contributed by atoms with Crippen LogP contribution < -0.4 is 10.6 Å². The third-order valence-electron chi connectivity index (χ3n) is 3.21. The maximum atomic E-state index is 10.1. The molecule has 0 aromatic heterocycles. The van der Waals surface area contributed by atoms with Crippen molar-refractivity contribution in [3.05, 3.63) is 0 Å². The maximum absolute atomic E-state index is 10.1. The van der Waals surface area contributed by atoms with Crippen molar-refractivity contribution in [2.24, 2.45) is 11.8 Å². The lowest BCUT2D eigenvalue weighted by Crippen LogP contribution is -1.99. The Hall–Kier alpha value is -0.740. The zero-order valence-corrected chi connectivity index (χ0v) is 11.8. The number of carbonyl (C=O) groups is 2. The average Bonchev–Trinajstić information content (AvgIpc) is 3.15. The number of rotatable bonds is 6. The van der Waals surface area contributed by atoms with Gasteiger partial charge in [-0.1, -0.05) is 27.7 Å². The van der Waals surface area contributed by atoms with E-state index in [1.165, 1.54) is 0 Å². The van der Waals surface area contributed by atoms with Crippen LogP contribution in [0.4, 0.5) is 0 Å². The molecule has 4 atom stereocenters. The minimum absolute atomic E-state index is 0.174. The van der Waals surface area contributed by atoms with Crippen LogP contribution in [0, 0.1) is 11.8 Å². The summed E-state index contributed by atoms with van der Waals surface area (Å²) in [5, 5.41) is 6.16. The van der Waals surface area contributed by atoms with Crippen LogP contribution in [-0.2, 0) is 9.59 Å². The van der Waals surface area contributed by atoms with Gasteiger partial charge in [0.2, 0.25) is 0 Å². The summed E-state index contributed by atoms with van der Waals surface area (Å²) in [5.74, 6) is 1.40. The quantitative estimate of drug-likeness (QED) is 0.550. The van der Waals surface area contributed by atoms with E-state index in [1.54, 1.807) is 0 Å². The van der Waals surface area contributed by atoms with Gasteiger partial charge in [0.05, 0.1) is 12.1 Å². The van der Waals surface area contributed by atoms with E-state index in [4.69, 9.17) is 0 Å². The van der Waals surface area contributed by atoms with Crippen molar-refractivity contribution in [3.63, 3.8) is 0 Å². The molecular weight excluding hydrogens is 228 g/mol. The molecule has 0 spiro atoms. The predicted molar refractivity (Wildman–Crippen MR) is 72.5 cm³/mol. The van der Waals surface area contributed by atoms with Crippen LogP contribution in [0.5, 0.6) is 0 Å². The minimum atomic E-state index is 0.174. The number of nitrogens with one attached hydrogen (secondary N) is 2. The number of hydrogen-bond donors (Lipinski definition) is 2. The molecule has 0 radical (unpaired) electrons. The Kier molecular flexibility index (Phi) is 5.96. The van der Waals surface area contributed by atoms with Crippen molar-refractivity contribution in [1.29, 1.82) is 0 Å². The van der Waals surface area contributed by atoms with Gasteiger partial charge in [0.15, 0.2) is 0 Å². The lowest BCUT2D eigenvalue weighted by atomic mass is 10.1. The van der Waals surface area contributed by atoms with E-state index in [0.29, 0.717) is 23.9 Å². The fourth-order valence-electron chi connectivity index (χ4n) is 2.10. The van der Waals surface area contributed by atoms with E-state index >= 15 is 0 Å². The Labute approximate surface area is 110 Å². The molecule has 4 heteroatoms. The molecule has 0 amide bonds. The predicted octanol–water partition coefficient (Wildman–Crippen LogP) is 1.14. The van der Waals surface area contributed by atoms with Gasteiger partial charge in [-0.2, -0.15) is 0 Å². The minimum Gasteiger partial charge on any atom is -0.302 e. The Morgan fingerprint density at radius 1 is 0.833 bits per heavy atom. The van der Waals surface area contributed by atoms with Crippen molar-refractivity contribution in [2.75, 3.05) is 0 Å². The molecule has 0 aromatic rings. The van der Waals surface area contributed by atoms with Crippen LogP contribution in [0.3, 0.4) is 0 Å². The molecule has 2 saturated heterocycles. The molecule has 0 aromatic carbocycles. The Morgan fingerprint density at radius 2 is 1.17 bits per heavy atom. The Morgan fingerprint density at radius 3 is 1.33 bits per heavy atom. The van der Waals surface area contributed by atoms with Crippen molar-refractivity contribution in [2.45, 2.75) is 64.7 Å². The summed E-state index contributed by atoms with van der Waals surface area (Å²) in [7, 11) is 0. The monoisotopic (exact) mass is 254 g/mol. The zero-order chi connectivity index (χ0) is 13.7. The van der Waals surface area contributed by atoms with Gasteiger partial charge in [0.25, 0.3) is 0 Å². The first-order valence-electron chi connectivity index (χ1n) is 6.90. The second-order valence-corrected chi connectivity index (χ2v) is 6.13. The van der Waals surface area contributed by atoms with E-state index in [0.717, 1.165) is 25.4 Å². The molecule has 2 N–H and O–H groups in total. The smallest absolute Gasteiger partial charge is 0.138 e. The molecule has 0 aliphatic carbocycles. The number of aldehydes is 2. The highest BCUT2D eigenvalue weighted by atomic mass is 16.1. The van der Waals surface area contributed by atoms with Crippen LogP contribution >= 0.6 is 0 Å². The van der Waals surface area contributed by atoms with E-state index in [1.807, 2.05) is 0 Å². The van der Waals surface area contributed by atoms with Crippen molar-refractivity contribution < 1.29 is 9.59 Å². The summed E-state index contributed by atoms with van der Waals surface area (Å²) < 4.78 is 0. The van der Waals surface area contributed by atoms with Crippen molar-refractivity contribution in [3.8, 4) is 0 Å². The summed E-state index contributed by atoms with van der Waals surface area (Å²) in [6.07, 6.45) is 4.24. The van der Waals surface area contributed by atoms with Gasteiger partial charge in [0.1, 0.15) is 12.6 Å². The number of hydrogen-bond acceptors (Lipinski definition) is 4. The van der Waals surface area contributed by atoms with Crippen LogP contribution in [-0.4, -0.2) is 36.7 Å². The summed E-state index contributed by atoms with van der Waals surface area (Å²) in [5.41, 5.74) is 0. The summed E-state index contributed by atoms with van der Waals surface area (Å²) in [6, 6.07) is 1.32.